The van der Waals surface area contributed by atoms with Gasteiger partial charge in [-0.15, -0.1) is 0 Å². The van der Waals surface area contributed by atoms with Crippen molar-refractivity contribution in [1.29, 1.82) is 0 Å². The van der Waals surface area contributed by atoms with Crippen molar-refractivity contribution in [3.05, 3.63) is 65.2 Å². The van der Waals surface area contributed by atoms with Gasteiger partial charge in [0.1, 0.15) is 11.5 Å². The summed E-state index contributed by atoms with van der Waals surface area (Å²) >= 11 is 1.83. The van der Waals surface area contributed by atoms with Crippen LogP contribution in [0.15, 0.2) is 58.3 Å². The summed E-state index contributed by atoms with van der Waals surface area (Å²) in [6.45, 7) is 12.2. The molecule has 3 aromatic rings. The van der Waals surface area contributed by atoms with Crippen LogP contribution in [0.3, 0.4) is 0 Å². The number of anilines is 3. The standard InChI is InChI=1S/C29H37N3O2S/c1-7-30-19-11-13-22-26(15-19)35-27-16-20(31-8-2)12-14-23(27)28(22)29-24(33-5)17-21(18-25(29)34-6)32(9-3)10-4/h11-18,28,30-31H,7-10H2,1-6H3. The Kier molecular flexibility index (Phi) is 8.01. The molecule has 0 amide bonds. The number of nitrogens with one attached hydrogen (secondary N) is 2. The molecule has 2 N–H and O–H groups in total. The van der Waals surface area contributed by atoms with Crippen LogP contribution >= 0.6 is 11.8 Å². The molecule has 1 heterocycles. The van der Waals surface area contributed by atoms with E-state index in [1.165, 1.54) is 20.9 Å². The first-order valence-corrected chi connectivity index (χ1v) is 13.3. The third-order valence-electron chi connectivity index (χ3n) is 6.58. The first kappa shape index (κ1) is 25.1. The fraction of sp³-hybridized carbons (Fsp3) is 0.379. The van der Waals surface area contributed by atoms with Gasteiger partial charge in [-0.25, -0.2) is 0 Å². The number of ether oxygens (including phenoxy) is 2. The minimum absolute atomic E-state index is 0.00301. The summed E-state index contributed by atoms with van der Waals surface area (Å²) in [5.74, 6) is 1.71. The second kappa shape index (κ2) is 11.2. The van der Waals surface area contributed by atoms with Crippen molar-refractivity contribution < 1.29 is 9.47 Å². The van der Waals surface area contributed by atoms with Gasteiger partial charge in [-0.3, -0.25) is 0 Å². The van der Waals surface area contributed by atoms with Gasteiger partial charge in [0.25, 0.3) is 0 Å². The number of nitrogens with zero attached hydrogens (tertiary/aromatic N) is 1. The molecule has 6 heteroatoms. The van der Waals surface area contributed by atoms with Gasteiger partial charge >= 0.3 is 0 Å². The number of hydrogen-bond donors (Lipinski definition) is 2. The Bertz CT molecular complexity index is 1100. The topological polar surface area (TPSA) is 45.8 Å². The second-order valence-electron chi connectivity index (χ2n) is 8.54. The zero-order valence-electron chi connectivity index (χ0n) is 21.7. The van der Waals surface area contributed by atoms with E-state index in [4.69, 9.17) is 9.47 Å². The maximum absolute atomic E-state index is 6.04. The van der Waals surface area contributed by atoms with Crippen LogP contribution in [0.5, 0.6) is 11.5 Å². The molecule has 0 saturated carbocycles. The van der Waals surface area contributed by atoms with Crippen LogP contribution in [0, 0.1) is 0 Å². The van der Waals surface area contributed by atoms with E-state index in [1.807, 2.05) is 11.8 Å². The predicted octanol–water partition coefficient (Wildman–Crippen LogP) is 7.06. The van der Waals surface area contributed by atoms with E-state index in [1.54, 1.807) is 14.2 Å². The summed E-state index contributed by atoms with van der Waals surface area (Å²) in [5.41, 5.74) is 7.00. The van der Waals surface area contributed by atoms with Gasteiger partial charge in [0.2, 0.25) is 0 Å². The maximum atomic E-state index is 6.04. The summed E-state index contributed by atoms with van der Waals surface area (Å²) in [5, 5.41) is 6.93. The van der Waals surface area contributed by atoms with Crippen molar-refractivity contribution >= 4 is 28.8 Å². The largest absolute Gasteiger partial charge is 0.496 e. The molecule has 0 bridgehead atoms. The van der Waals surface area contributed by atoms with Crippen LogP contribution in [-0.4, -0.2) is 40.4 Å². The molecule has 0 spiro atoms. The van der Waals surface area contributed by atoms with Gasteiger partial charge in [-0.05, 0) is 63.1 Å². The van der Waals surface area contributed by atoms with Crippen LogP contribution in [0.2, 0.25) is 0 Å². The summed E-state index contributed by atoms with van der Waals surface area (Å²) in [4.78, 5) is 4.83. The zero-order valence-corrected chi connectivity index (χ0v) is 22.5. The quantitative estimate of drug-likeness (QED) is 0.248. The van der Waals surface area contributed by atoms with E-state index in [9.17, 15) is 0 Å². The highest BCUT2D eigenvalue weighted by Crippen LogP contribution is 2.54. The summed E-state index contributed by atoms with van der Waals surface area (Å²) in [6, 6.07) is 17.7. The lowest BCUT2D eigenvalue weighted by molar-refractivity contribution is 0.384. The third-order valence-corrected chi connectivity index (χ3v) is 7.72. The van der Waals surface area contributed by atoms with Crippen molar-refractivity contribution in [2.24, 2.45) is 0 Å². The highest BCUT2D eigenvalue weighted by molar-refractivity contribution is 7.99. The fourth-order valence-corrected chi connectivity index (χ4v) is 6.14. The van der Waals surface area contributed by atoms with Crippen LogP contribution in [0.4, 0.5) is 17.1 Å². The van der Waals surface area contributed by atoms with Gasteiger partial charge in [-0.1, -0.05) is 23.9 Å². The van der Waals surface area contributed by atoms with Crippen LogP contribution < -0.4 is 25.0 Å². The van der Waals surface area contributed by atoms with Gasteiger partial charge in [0, 0.05) is 76.6 Å². The third kappa shape index (κ3) is 4.90. The van der Waals surface area contributed by atoms with Crippen molar-refractivity contribution in [3.8, 4) is 11.5 Å². The highest BCUT2D eigenvalue weighted by Gasteiger charge is 2.33. The normalized spacial score (nSPS) is 12.5. The minimum Gasteiger partial charge on any atom is -0.496 e. The molecule has 1 aliphatic rings. The Balaban J connectivity index is 1.95. The molecule has 0 unspecified atom stereocenters. The Labute approximate surface area is 214 Å². The molecule has 0 aliphatic carbocycles. The molecule has 0 radical (unpaired) electrons. The molecule has 186 valence electrons. The molecule has 1 aliphatic heterocycles. The van der Waals surface area contributed by atoms with Gasteiger partial charge < -0.3 is 25.0 Å². The van der Waals surface area contributed by atoms with Crippen LogP contribution in [0.1, 0.15) is 50.3 Å². The van der Waals surface area contributed by atoms with Gasteiger partial charge in [0.15, 0.2) is 0 Å². The van der Waals surface area contributed by atoms with Crippen molar-refractivity contribution in [2.45, 2.75) is 43.4 Å². The molecule has 0 fully saturated rings. The molecule has 0 atom stereocenters. The van der Waals surface area contributed by atoms with E-state index in [2.05, 4.69) is 91.8 Å². The zero-order chi connectivity index (χ0) is 24.9. The molecular formula is C29H37N3O2S. The number of methoxy groups -OCH3 is 2. The smallest absolute Gasteiger partial charge is 0.128 e. The van der Waals surface area contributed by atoms with E-state index in [-0.39, 0.29) is 5.92 Å². The molecule has 35 heavy (non-hydrogen) atoms. The Hall–Kier alpha value is -2.99. The fourth-order valence-electron chi connectivity index (χ4n) is 4.93. The van der Waals surface area contributed by atoms with E-state index >= 15 is 0 Å². The highest BCUT2D eigenvalue weighted by atomic mass is 32.2. The second-order valence-corrected chi connectivity index (χ2v) is 9.62. The molecule has 0 aromatic heterocycles. The monoisotopic (exact) mass is 491 g/mol. The van der Waals surface area contributed by atoms with Gasteiger partial charge in [-0.2, -0.15) is 0 Å². The Morgan fingerprint density at radius 1 is 0.743 bits per heavy atom. The predicted molar refractivity (Wildman–Crippen MR) is 149 cm³/mol. The summed E-state index contributed by atoms with van der Waals surface area (Å²) < 4.78 is 12.1. The van der Waals surface area contributed by atoms with Crippen molar-refractivity contribution in [2.75, 3.05) is 55.9 Å². The lowest BCUT2D eigenvalue weighted by Gasteiger charge is -2.32. The number of hydrogen-bond acceptors (Lipinski definition) is 6. The average Bonchev–Trinajstić information content (AvgIpc) is 2.88. The van der Waals surface area contributed by atoms with Crippen LogP contribution in [-0.2, 0) is 0 Å². The van der Waals surface area contributed by atoms with E-state index in [0.717, 1.165) is 60.3 Å². The first-order valence-electron chi connectivity index (χ1n) is 12.5. The van der Waals surface area contributed by atoms with E-state index < -0.39 is 0 Å². The molecule has 0 saturated heterocycles. The van der Waals surface area contributed by atoms with E-state index in [0.29, 0.717) is 0 Å². The lowest BCUT2D eigenvalue weighted by atomic mass is 9.83. The Morgan fingerprint density at radius 2 is 1.23 bits per heavy atom. The summed E-state index contributed by atoms with van der Waals surface area (Å²) in [6.07, 6.45) is 0. The maximum Gasteiger partial charge on any atom is 0.128 e. The summed E-state index contributed by atoms with van der Waals surface area (Å²) in [7, 11) is 3.51. The number of fused-ring (bicyclic) bond motifs is 2. The van der Waals surface area contributed by atoms with Crippen molar-refractivity contribution in [3.63, 3.8) is 0 Å². The van der Waals surface area contributed by atoms with Crippen LogP contribution in [0.25, 0.3) is 0 Å². The molecular weight excluding hydrogens is 454 g/mol. The van der Waals surface area contributed by atoms with Crippen molar-refractivity contribution in [1.82, 2.24) is 0 Å². The first-order chi connectivity index (χ1) is 17.1. The SMILES string of the molecule is CCNc1ccc2c(c1)Sc1cc(NCC)ccc1C2c1c(OC)cc(N(CC)CC)cc1OC. The Morgan fingerprint density at radius 3 is 1.63 bits per heavy atom. The lowest BCUT2D eigenvalue weighted by Crippen LogP contribution is -2.22. The minimum atomic E-state index is 0.00301. The average molecular weight is 492 g/mol. The van der Waals surface area contributed by atoms with Gasteiger partial charge in [0.05, 0.1) is 14.2 Å². The molecule has 4 rings (SSSR count). The number of benzene rings is 3. The molecule has 5 nitrogen and oxygen atoms in total. The number of rotatable bonds is 10. The molecule has 3 aromatic carbocycles.